The van der Waals surface area contributed by atoms with Gasteiger partial charge in [0.2, 0.25) is 0 Å². The van der Waals surface area contributed by atoms with Gasteiger partial charge < -0.3 is 19.9 Å². The number of ether oxygens (including phenoxy) is 3. The molecule has 4 saturated carbocycles. The Hall–Kier alpha value is -2.41. The van der Waals surface area contributed by atoms with Crippen LogP contribution in [0.4, 0.5) is 0 Å². The second-order valence-electron chi connectivity index (χ2n) is 9.90. The molecule has 4 aliphatic carbocycles. The Kier molecular flexibility index (Phi) is 10.8. The Bertz CT molecular complexity index is 676. The fourth-order valence-corrected chi connectivity index (χ4v) is 3.69. The van der Waals surface area contributed by atoms with Crippen LogP contribution in [0.2, 0.25) is 0 Å². The minimum Gasteiger partial charge on any atom is -0.469 e. The molecule has 6 atom stereocenters. The van der Waals surface area contributed by atoms with Crippen molar-refractivity contribution < 1.29 is 28.6 Å². The molecule has 0 bridgehead atoms. The Morgan fingerprint density at radius 1 is 0.676 bits per heavy atom. The zero-order valence-electron chi connectivity index (χ0n) is 21.6. The summed E-state index contributed by atoms with van der Waals surface area (Å²) in [6, 6.07) is 0. The van der Waals surface area contributed by atoms with Crippen LogP contribution in [0.1, 0.15) is 58.8 Å². The first kappa shape index (κ1) is 29.6. The van der Waals surface area contributed by atoms with Crippen LogP contribution in [0.5, 0.6) is 0 Å². The first-order valence-electron chi connectivity index (χ1n) is 11.9. The number of carbonyl (C=O) groups is 3. The van der Waals surface area contributed by atoms with Crippen molar-refractivity contribution in [2.45, 2.75) is 64.3 Å². The second kappa shape index (κ2) is 12.3. The monoisotopic (exact) mass is 477 g/mol. The first-order valence-corrected chi connectivity index (χ1v) is 11.9. The average molecular weight is 478 g/mol. The predicted octanol–water partition coefficient (Wildman–Crippen LogP) is 4.37. The van der Waals surface area contributed by atoms with Crippen LogP contribution in [-0.2, 0) is 28.6 Å². The van der Waals surface area contributed by atoms with Gasteiger partial charge in [-0.15, -0.1) is 19.7 Å². The van der Waals surface area contributed by atoms with Crippen molar-refractivity contribution in [1.82, 2.24) is 0 Å². The molecule has 7 nitrogen and oxygen atoms in total. The number of methoxy groups -OCH3 is 3. The number of carbonyl (C=O) groups excluding carboxylic acids is 3. The lowest BCUT2D eigenvalue weighted by atomic mass is 10.0. The third-order valence-corrected chi connectivity index (χ3v) is 7.39. The van der Waals surface area contributed by atoms with Gasteiger partial charge in [0, 0.05) is 5.92 Å². The number of hydrogen-bond donors (Lipinski definition) is 1. The molecular weight excluding hydrogens is 434 g/mol. The van der Waals surface area contributed by atoms with E-state index in [-0.39, 0.29) is 34.7 Å². The first-order chi connectivity index (χ1) is 15.9. The zero-order chi connectivity index (χ0) is 26.2. The Morgan fingerprint density at radius 2 is 1.00 bits per heavy atom. The lowest BCUT2D eigenvalue weighted by Crippen LogP contribution is -2.36. The van der Waals surface area contributed by atoms with Crippen LogP contribution in [0.15, 0.2) is 38.0 Å². The SMILES string of the molecule is C1CCC1.C=CC1CC1(C)C(=O)OC.C=CC1C[C@]1(C)C(=O)OC.C=CC1C[C@]1(N)C(=O)OC. The van der Waals surface area contributed by atoms with Crippen LogP contribution in [0.25, 0.3) is 0 Å². The summed E-state index contributed by atoms with van der Waals surface area (Å²) in [5.74, 6) is 0.215. The van der Waals surface area contributed by atoms with Gasteiger partial charge in [0.1, 0.15) is 5.54 Å². The molecule has 34 heavy (non-hydrogen) atoms. The standard InChI is InChI=1S/2C8H12O2.C7H11NO2.C4H8/c2*1-4-6-5-8(6,2)7(9)10-3;1-3-5-4-7(5,8)6(9)10-2;1-2-4-3-1/h2*4,6H,1,5H2,2-3H3;3,5H,1,4,8H2,2H3;1-4H2/t6?,8-;;5?,7-;/m0.1./s1. The maximum absolute atomic E-state index is 11.0. The zero-order valence-corrected chi connectivity index (χ0v) is 21.6. The minimum atomic E-state index is -0.753. The summed E-state index contributed by atoms with van der Waals surface area (Å²) in [5, 5.41) is 0. The summed E-state index contributed by atoms with van der Waals surface area (Å²) in [6.45, 7) is 14.6. The van der Waals surface area contributed by atoms with E-state index in [1.54, 1.807) is 6.08 Å². The van der Waals surface area contributed by atoms with Crippen LogP contribution < -0.4 is 5.73 Å². The van der Waals surface area contributed by atoms with Crippen molar-refractivity contribution in [3.05, 3.63) is 38.0 Å². The third-order valence-electron chi connectivity index (χ3n) is 7.39. The lowest BCUT2D eigenvalue weighted by molar-refractivity contribution is -0.147. The Labute approximate surface area is 204 Å². The second-order valence-corrected chi connectivity index (χ2v) is 9.90. The molecule has 0 heterocycles. The summed E-state index contributed by atoms with van der Waals surface area (Å²) >= 11 is 0. The summed E-state index contributed by atoms with van der Waals surface area (Å²) < 4.78 is 13.7. The number of esters is 3. The van der Waals surface area contributed by atoms with Gasteiger partial charge in [-0.3, -0.25) is 14.4 Å². The maximum atomic E-state index is 11.0. The van der Waals surface area contributed by atoms with E-state index in [4.69, 9.17) is 5.73 Å². The van der Waals surface area contributed by atoms with Crippen molar-refractivity contribution in [2.24, 2.45) is 34.3 Å². The van der Waals surface area contributed by atoms with E-state index in [1.165, 1.54) is 47.0 Å². The summed E-state index contributed by atoms with van der Waals surface area (Å²) in [4.78, 5) is 32.9. The van der Waals surface area contributed by atoms with E-state index in [0.717, 1.165) is 12.8 Å². The highest BCUT2D eigenvalue weighted by atomic mass is 16.5. The van der Waals surface area contributed by atoms with Crippen molar-refractivity contribution in [3.8, 4) is 0 Å². The van der Waals surface area contributed by atoms with Crippen molar-refractivity contribution in [2.75, 3.05) is 21.3 Å². The van der Waals surface area contributed by atoms with E-state index < -0.39 is 5.54 Å². The van der Waals surface area contributed by atoms with Gasteiger partial charge >= 0.3 is 17.9 Å². The number of hydrogen-bond acceptors (Lipinski definition) is 7. The number of rotatable bonds is 6. The highest BCUT2D eigenvalue weighted by Crippen LogP contribution is 2.54. The van der Waals surface area contributed by atoms with E-state index in [0.29, 0.717) is 18.3 Å². The number of allylic oxidation sites excluding steroid dienone is 2. The smallest absolute Gasteiger partial charge is 0.326 e. The van der Waals surface area contributed by atoms with Gasteiger partial charge in [0.05, 0.1) is 32.2 Å². The minimum absolute atomic E-state index is 0.111. The summed E-state index contributed by atoms with van der Waals surface area (Å²) in [5.41, 5.74) is 4.35. The molecule has 4 rings (SSSR count). The van der Waals surface area contributed by atoms with Gasteiger partial charge in [0.25, 0.3) is 0 Å². The molecule has 192 valence electrons. The molecule has 0 radical (unpaired) electrons. The molecule has 0 spiro atoms. The van der Waals surface area contributed by atoms with Crippen LogP contribution in [0.3, 0.4) is 0 Å². The van der Waals surface area contributed by atoms with Crippen molar-refractivity contribution in [1.29, 1.82) is 0 Å². The topological polar surface area (TPSA) is 105 Å². The summed E-state index contributed by atoms with van der Waals surface area (Å²) in [6.07, 6.45) is 13.8. The molecule has 2 N–H and O–H groups in total. The molecule has 4 fully saturated rings. The quantitative estimate of drug-likeness (QED) is 0.344. The van der Waals surface area contributed by atoms with E-state index in [2.05, 4.69) is 33.9 Å². The molecular formula is C27H43NO6. The average Bonchev–Trinajstić information content (AvgIpc) is 3.74. The summed E-state index contributed by atoms with van der Waals surface area (Å²) in [7, 11) is 4.19. The van der Waals surface area contributed by atoms with Crippen LogP contribution >= 0.6 is 0 Å². The van der Waals surface area contributed by atoms with Gasteiger partial charge in [-0.05, 0) is 44.9 Å². The van der Waals surface area contributed by atoms with Gasteiger partial charge in [-0.1, -0.05) is 43.9 Å². The molecule has 0 aliphatic heterocycles. The molecule has 0 aromatic rings. The fraction of sp³-hybridized carbons (Fsp3) is 0.667. The van der Waals surface area contributed by atoms with Crippen molar-refractivity contribution in [3.63, 3.8) is 0 Å². The van der Waals surface area contributed by atoms with E-state index in [1.807, 2.05) is 26.0 Å². The largest absolute Gasteiger partial charge is 0.469 e. The molecule has 4 unspecified atom stereocenters. The third kappa shape index (κ3) is 7.05. The molecule has 4 aliphatic rings. The molecule has 0 saturated heterocycles. The highest BCUT2D eigenvalue weighted by Gasteiger charge is 2.57. The number of nitrogens with two attached hydrogens (primary N) is 1. The normalized spacial score (nSPS) is 35.3. The van der Waals surface area contributed by atoms with Gasteiger partial charge in [-0.25, -0.2) is 0 Å². The Balaban J connectivity index is 0.000000235. The van der Waals surface area contributed by atoms with Crippen LogP contribution in [0, 0.1) is 28.6 Å². The van der Waals surface area contributed by atoms with Gasteiger partial charge in [0.15, 0.2) is 0 Å². The maximum Gasteiger partial charge on any atom is 0.326 e. The van der Waals surface area contributed by atoms with Crippen LogP contribution in [-0.4, -0.2) is 44.8 Å². The van der Waals surface area contributed by atoms with E-state index in [9.17, 15) is 14.4 Å². The predicted molar refractivity (Wildman–Crippen MR) is 133 cm³/mol. The molecule has 7 heteroatoms. The molecule has 0 amide bonds. The van der Waals surface area contributed by atoms with E-state index >= 15 is 0 Å². The molecule has 0 aromatic carbocycles. The van der Waals surface area contributed by atoms with Crippen molar-refractivity contribution >= 4 is 17.9 Å². The fourth-order valence-electron chi connectivity index (χ4n) is 3.69. The molecule has 0 aromatic heterocycles. The highest BCUT2D eigenvalue weighted by molar-refractivity contribution is 5.85. The lowest BCUT2D eigenvalue weighted by Gasteiger charge is -2.05. The van der Waals surface area contributed by atoms with Gasteiger partial charge in [-0.2, -0.15) is 0 Å². The Morgan fingerprint density at radius 3 is 1.18 bits per heavy atom.